The monoisotopic (exact) mass is 254 g/mol. The van der Waals surface area contributed by atoms with Crippen LogP contribution in [-0.2, 0) is 0 Å². The van der Waals surface area contributed by atoms with Gasteiger partial charge in [0.15, 0.2) is 0 Å². The number of hydrogen-bond acceptors (Lipinski definition) is 3. The number of benzene rings is 1. The van der Waals surface area contributed by atoms with E-state index in [9.17, 15) is 0 Å². The van der Waals surface area contributed by atoms with Crippen molar-refractivity contribution in [2.24, 2.45) is 16.9 Å². The lowest BCUT2D eigenvalue weighted by molar-refractivity contribution is 0.340. The maximum Gasteiger partial charge on any atom is 0.137 e. The molecule has 1 aromatic rings. The molecule has 0 saturated heterocycles. The normalized spacial score (nSPS) is 18.8. The van der Waals surface area contributed by atoms with E-state index in [1.165, 1.54) is 0 Å². The summed E-state index contributed by atoms with van der Waals surface area (Å²) < 4.78 is 5.40. The van der Waals surface area contributed by atoms with Crippen molar-refractivity contribution in [3.8, 4) is 5.75 Å². The van der Waals surface area contributed by atoms with Gasteiger partial charge in [-0.1, -0.05) is 17.7 Å². The van der Waals surface area contributed by atoms with Crippen LogP contribution in [0.2, 0.25) is 5.02 Å². The van der Waals surface area contributed by atoms with Crippen LogP contribution >= 0.6 is 11.6 Å². The molecule has 2 rings (SSSR count). The molecule has 1 atom stereocenters. The Morgan fingerprint density at radius 3 is 2.65 bits per heavy atom. The lowest BCUT2D eigenvalue weighted by Gasteiger charge is -2.22. The van der Waals surface area contributed by atoms with E-state index in [0.717, 1.165) is 18.4 Å². The van der Waals surface area contributed by atoms with Gasteiger partial charge < -0.3 is 16.2 Å². The average Bonchev–Trinajstić information content (AvgIpc) is 3.12. The van der Waals surface area contributed by atoms with Crippen molar-refractivity contribution in [2.45, 2.75) is 25.8 Å². The Morgan fingerprint density at radius 2 is 2.18 bits per heavy atom. The number of hydrogen-bond donors (Lipinski definition) is 2. The van der Waals surface area contributed by atoms with E-state index in [1.807, 2.05) is 25.1 Å². The van der Waals surface area contributed by atoms with E-state index in [2.05, 4.69) is 0 Å². The zero-order valence-electron chi connectivity index (χ0n) is 10.1. The highest BCUT2D eigenvalue weighted by atomic mass is 35.5. The summed E-state index contributed by atoms with van der Waals surface area (Å²) in [5, 5.41) is 0.618. The third-order valence-electron chi connectivity index (χ3n) is 3.57. The molecule has 0 aliphatic heterocycles. The van der Waals surface area contributed by atoms with E-state index in [0.29, 0.717) is 23.9 Å². The minimum absolute atomic E-state index is 0.0272. The van der Waals surface area contributed by atoms with Gasteiger partial charge in [0.2, 0.25) is 0 Å². The molecule has 1 aliphatic rings. The van der Waals surface area contributed by atoms with Crippen LogP contribution in [0.25, 0.3) is 0 Å². The smallest absolute Gasteiger partial charge is 0.137 e. The van der Waals surface area contributed by atoms with Crippen LogP contribution in [0.4, 0.5) is 0 Å². The molecule has 1 unspecified atom stereocenters. The fraction of sp³-hybridized carbons (Fsp3) is 0.538. The Balaban J connectivity index is 2.19. The van der Waals surface area contributed by atoms with Gasteiger partial charge in [0.05, 0.1) is 11.6 Å². The zero-order chi connectivity index (χ0) is 12.5. The van der Waals surface area contributed by atoms with Gasteiger partial charge in [-0.2, -0.15) is 0 Å². The molecular weight excluding hydrogens is 236 g/mol. The van der Waals surface area contributed by atoms with Gasteiger partial charge in [-0.05, 0) is 44.0 Å². The average molecular weight is 255 g/mol. The van der Waals surface area contributed by atoms with E-state index in [4.69, 9.17) is 27.8 Å². The van der Waals surface area contributed by atoms with Crippen LogP contribution in [0.3, 0.4) is 0 Å². The predicted molar refractivity (Wildman–Crippen MR) is 70.3 cm³/mol. The number of nitrogens with two attached hydrogens (primary N) is 2. The van der Waals surface area contributed by atoms with Gasteiger partial charge >= 0.3 is 0 Å². The maximum absolute atomic E-state index is 6.26. The molecule has 1 fully saturated rings. The van der Waals surface area contributed by atoms with Gasteiger partial charge in [-0.3, -0.25) is 0 Å². The molecule has 17 heavy (non-hydrogen) atoms. The molecule has 0 spiro atoms. The van der Waals surface area contributed by atoms with Crippen LogP contribution in [-0.4, -0.2) is 13.2 Å². The highest BCUT2D eigenvalue weighted by Crippen LogP contribution is 2.53. The first-order valence-electron chi connectivity index (χ1n) is 6.01. The Kier molecular flexibility index (Phi) is 3.61. The second-order valence-electron chi connectivity index (χ2n) is 4.67. The Bertz CT molecular complexity index is 404. The lowest BCUT2D eigenvalue weighted by Crippen LogP contribution is -2.29. The summed E-state index contributed by atoms with van der Waals surface area (Å²) in [6.07, 6.45) is 2.21. The van der Waals surface area contributed by atoms with Gasteiger partial charge in [0.1, 0.15) is 5.75 Å². The van der Waals surface area contributed by atoms with Gasteiger partial charge in [-0.25, -0.2) is 0 Å². The molecule has 0 heterocycles. The molecule has 0 aromatic heterocycles. The predicted octanol–water partition coefficient (Wildman–Crippen LogP) is 2.48. The van der Waals surface area contributed by atoms with Crippen molar-refractivity contribution in [1.82, 2.24) is 0 Å². The van der Waals surface area contributed by atoms with Crippen molar-refractivity contribution in [1.29, 1.82) is 0 Å². The fourth-order valence-electron chi connectivity index (χ4n) is 2.14. The van der Waals surface area contributed by atoms with Crippen LogP contribution < -0.4 is 16.2 Å². The summed E-state index contributed by atoms with van der Waals surface area (Å²) in [4.78, 5) is 0. The van der Waals surface area contributed by atoms with Crippen LogP contribution in [0, 0.1) is 5.41 Å². The van der Waals surface area contributed by atoms with Gasteiger partial charge in [-0.15, -0.1) is 0 Å². The molecule has 0 radical (unpaired) electrons. The fourth-order valence-corrected chi connectivity index (χ4v) is 2.38. The molecule has 1 aromatic carbocycles. The van der Waals surface area contributed by atoms with Crippen LogP contribution in [0.1, 0.15) is 31.4 Å². The summed E-state index contributed by atoms with van der Waals surface area (Å²) in [6, 6.07) is 5.73. The van der Waals surface area contributed by atoms with Crippen molar-refractivity contribution < 1.29 is 4.74 Å². The Hall–Kier alpha value is -0.770. The minimum Gasteiger partial charge on any atom is -0.492 e. The quantitative estimate of drug-likeness (QED) is 0.849. The largest absolute Gasteiger partial charge is 0.492 e. The Morgan fingerprint density at radius 1 is 1.47 bits per heavy atom. The number of halogens is 1. The molecule has 3 nitrogen and oxygen atoms in total. The van der Waals surface area contributed by atoms with Crippen molar-refractivity contribution in [2.75, 3.05) is 13.2 Å². The second kappa shape index (κ2) is 4.84. The molecule has 0 amide bonds. The molecule has 0 bridgehead atoms. The van der Waals surface area contributed by atoms with E-state index < -0.39 is 0 Å². The van der Waals surface area contributed by atoms with Gasteiger partial charge in [0.25, 0.3) is 0 Å². The van der Waals surface area contributed by atoms with Crippen LogP contribution in [0.5, 0.6) is 5.75 Å². The van der Waals surface area contributed by atoms with E-state index >= 15 is 0 Å². The SMILES string of the molecule is CCOc1ccc(C(N)C2(CN)CC2)cc1Cl. The summed E-state index contributed by atoms with van der Waals surface area (Å²) in [5.41, 5.74) is 13.2. The molecule has 1 saturated carbocycles. The summed E-state index contributed by atoms with van der Waals surface area (Å²) in [5.74, 6) is 0.711. The first kappa shape index (κ1) is 12.7. The van der Waals surface area contributed by atoms with Crippen molar-refractivity contribution >= 4 is 11.6 Å². The summed E-state index contributed by atoms with van der Waals surface area (Å²) >= 11 is 6.15. The zero-order valence-corrected chi connectivity index (χ0v) is 10.8. The van der Waals surface area contributed by atoms with Crippen molar-refractivity contribution in [3.63, 3.8) is 0 Å². The first-order chi connectivity index (χ1) is 8.13. The van der Waals surface area contributed by atoms with Gasteiger partial charge in [0, 0.05) is 11.5 Å². The van der Waals surface area contributed by atoms with E-state index in [-0.39, 0.29) is 11.5 Å². The standard InChI is InChI=1S/C13H19ClN2O/c1-2-17-11-4-3-9(7-10(11)14)12(16)13(8-15)5-6-13/h3-4,7,12H,2,5-6,8,15-16H2,1H3. The molecule has 1 aliphatic carbocycles. The lowest BCUT2D eigenvalue weighted by atomic mass is 9.91. The summed E-state index contributed by atoms with van der Waals surface area (Å²) in [7, 11) is 0. The highest BCUT2D eigenvalue weighted by Gasteiger charge is 2.47. The topological polar surface area (TPSA) is 61.3 Å². The second-order valence-corrected chi connectivity index (χ2v) is 5.07. The summed E-state index contributed by atoms with van der Waals surface area (Å²) in [6.45, 7) is 3.18. The molecule has 4 N–H and O–H groups in total. The van der Waals surface area contributed by atoms with Crippen LogP contribution in [0.15, 0.2) is 18.2 Å². The third kappa shape index (κ3) is 2.41. The molecular formula is C13H19ClN2O. The minimum atomic E-state index is -0.0272. The van der Waals surface area contributed by atoms with E-state index in [1.54, 1.807) is 0 Å². The number of ether oxygens (including phenoxy) is 1. The van der Waals surface area contributed by atoms with Crippen molar-refractivity contribution in [3.05, 3.63) is 28.8 Å². The number of rotatable bonds is 5. The first-order valence-corrected chi connectivity index (χ1v) is 6.38. The maximum atomic E-state index is 6.26. The Labute approximate surface area is 107 Å². The third-order valence-corrected chi connectivity index (χ3v) is 3.87. The highest BCUT2D eigenvalue weighted by molar-refractivity contribution is 6.32. The molecule has 94 valence electrons. The molecule has 4 heteroatoms.